The third kappa shape index (κ3) is 4.36. The number of aromatic nitrogens is 2. The quantitative estimate of drug-likeness (QED) is 0.715. The van der Waals surface area contributed by atoms with Crippen LogP contribution in [0.4, 0.5) is 4.79 Å². The number of hydrogen-bond acceptors (Lipinski definition) is 5. The Morgan fingerprint density at radius 2 is 2.12 bits per heavy atom. The number of urea groups is 1. The molecule has 7 nitrogen and oxygen atoms in total. The van der Waals surface area contributed by atoms with Crippen molar-refractivity contribution >= 4 is 6.03 Å². The maximum absolute atomic E-state index is 12.2. The van der Waals surface area contributed by atoms with Gasteiger partial charge in [0.15, 0.2) is 5.82 Å². The van der Waals surface area contributed by atoms with Crippen LogP contribution in [0.2, 0.25) is 0 Å². The minimum atomic E-state index is -0.586. The van der Waals surface area contributed by atoms with Crippen molar-refractivity contribution in [1.82, 2.24) is 20.8 Å². The van der Waals surface area contributed by atoms with Gasteiger partial charge in [0.05, 0.1) is 12.1 Å². The average Bonchev–Trinajstić information content (AvgIpc) is 3.36. The lowest BCUT2D eigenvalue weighted by molar-refractivity contribution is 0.153. The van der Waals surface area contributed by atoms with Crippen molar-refractivity contribution in [1.29, 1.82) is 0 Å². The summed E-state index contributed by atoms with van der Waals surface area (Å²) in [6.07, 6.45) is 2.63. The number of rotatable bonds is 7. The van der Waals surface area contributed by atoms with Crippen molar-refractivity contribution < 1.29 is 14.4 Å². The van der Waals surface area contributed by atoms with Gasteiger partial charge in [0.2, 0.25) is 5.89 Å². The maximum atomic E-state index is 12.2. The number of carbonyl (C=O) groups excluding carboxylic acids is 1. The Bertz CT molecular complexity index is 714. The van der Waals surface area contributed by atoms with E-state index in [1.807, 2.05) is 37.3 Å². The molecule has 1 heterocycles. The minimum Gasteiger partial charge on any atom is -0.394 e. The van der Waals surface area contributed by atoms with E-state index in [0.717, 1.165) is 18.4 Å². The van der Waals surface area contributed by atoms with Gasteiger partial charge in [0.1, 0.15) is 6.04 Å². The standard InChI is InChI=1S/C18H24N4O3/c1-12(19-17(24)21-18(2,11-23)14-8-9-14)16-20-15(22-25-16)10-13-6-4-3-5-7-13/h3-7,12,14,23H,8-11H2,1-2H3,(H2,19,21,24)/t12-,18+/m0/s1. The third-order valence-corrected chi connectivity index (χ3v) is 4.61. The second-order valence-electron chi connectivity index (χ2n) is 6.88. The van der Waals surface area contributed by atoms with E-state index in [1.165, 1.54) is 0 Å². The summed E-state index contributed by atoms with van der Waals surface area (Å²) in [5.74, 6) is 1.27. The van der Waals surface area contributed by atoms with Crippen LogP contribution in [0.25, 0.3) is 0 Å². The number of hydrogen-bond donors (Lipinski definition) is 3. The van der Waals surface area contributed by atoms with Gasteiger partial charge in [0.25, 0.3) is 0 Å². The molecule has 1 aromatic heterocycles. The minimum absolute atomic E-state index is 0.0821. The number of benzene rings is 1. The molecule has 3 rings (SSSR count). The third-order valence-electron chi connectivity index (χ3n) is 4.61. The fourth-order valence-electron chi connectivity index (χ4n) is 2.84. The Hall–Kier alpha value is -2.41. The highest BCUT2D eigenvalue weighted by Crippen LogP contribution is 2.39. The molecule has 0 spiro atoms. The summed E-state index contributed by atoms with van der Waals surface area (Å²) in [6.45, 7) is 3.56. The van der Waals surface area contributed by atoms with Crippen LogP contribution < -0.4 is 10.6 Å². The summed E-state index contributed by atoms with van der Waals surface area (Å²) in [5, 5.41) is 19.2. The van der Waals surface area contributed by atoms with Gasteiger partial charge in [-0.15, -0.1) is 0 Å². The Balaban J connectivity index is 1.56. The van der Waals surface area contributed by atoms with E-state index in [-0.39, 0.29) is 12.6 Å². The Labute approximate surface area is 146 Å². The molecule has 1 fully saturated rings. The molecule has 7 heteroatoms. The second-order valence-corrected chi connectivity index (χ2v) is 6.88. The first-order chi connectivity index (χ1) is 12.0. The fraction of sp³-hybridized carbons (Fsp3) is 0.500. The Morgan fingerprint density at radius 1 is 1.40 bits per heavy atom. The molecule has 0 radical (unpaired) electrons. The molecular weight excluding hydrogens is 320 g/mol. The van der Waals surface area contributed by atoms with Crippen molar-refractivity contribution in [3.63, 3.8) is 0 Å². The zero-order valence-corrected chi connectivity index (χ0v) is 14.5. The maximum Gasteiger partial charge on any atom is 0.315 e. The summed E-state index contributed by atoms with van der Waals surface area (Å²) in [5.41, 5.74) is 0.508. The fourth-order valence-corrected chi connectivity index (χ4v) is 2.84. The topological polar surface area (TPSA) is 100 Å². The number of aliphatic hydroxyl groups is 1. The first-order valence-corrected chi connectivity index (χ1v) is 8.56. The highest BCUT2D eigenvalue weighted by Gasteiger charge is 2.42. The Kier molecular flexibility index (Phi) is 5.03. The lowest BCUT2D eigenvalue weighted by Crippen LogP contribution is -2.54. The number of aliphatic hydroxyl groups excluding tert-OH is 1. The van der Waals surface area contributed by atoms with E-state index in [9.17, 15) is 9.90 Å². The van der Waals surface area contributed by atoms with Crippen LogP contribution in [0, 0.1) is 5.92 Å². The molecule has 1 aliphatic carbocycles. The molecule has 1 saturated carbocycles. The number of carbonyl (C=O) groups is 1. The van der Waals surface area contributed by atoms with Crippen LogP contribution in [-0.4, -0.2) is 33.4 Å². The molecule has 1 aromatic carbocycles. The first-order valence-electron chi connectivity index (χ1n) is 8.56. The molecule has 0 bridgehead atoms. The molecule has 2 amide bonds. The molecule has 2 atom stereocenters. The Morgan fingerprint density at radius 3 is 2.76 bits per heavy atom. The lowest BCUT2D eigenvalue weighted by atomic mass is 9.97. The molecule has 2 aromatic rings. The molecule has 1 aliphatic rings. The van der Waals surface area contributed by atoms with E-state index >= 15 is 0 Å². The monoisotopic (exact) mass is 344 g/mol. The van der Waals surface area contributed by atoms with Crippen molar-refractivity contribution in [2.24, 2.45) is 5.92 Å². The molecule has 3 N–H and O–H groups in total. The van der Waals surface area contributed by atoms with E-state index in [2.05, 4.69) is 20.8 Å². The molecule has 0 unspecified atom stereocenters. The van der Waals surface area contributed by atoms with E-state index in [4.69, 9.17) is 4.52 Å². The van der Waals surface area contributed by atoms with Gasteiger partial charge in [-0.1, -0.05) is 35.5 Å². The summed E-state index contributed by atoms with van der Waals surface area (Å²) in [4.78, 5) is 16.6. The van der Waals surface area contributed by atoms with Crippen LogP contribution in [0.15, 0.2) is 34.9 Å². The lowest BCUT2D eigenvalue weighted by Gasteiger charge is -2.29. The van der Waals surface area contributed by atoms with Gasteiger partial charge in [-0.05, 0) is 38.2 Å². The SMILES string of the molecule is C[C@H](NC(=O)N[C@](C)(CO)C1CC1)c1nc(Cc2ccccc2)no1. The summed E-state index contributed by atoms with van der Waals surface area (Å²) in [7, 11) is 0. The van der Waals surface area contributed by atoms with Gasteiger partial charge in [-0.2, -0.15) is 4.98 Å². The summed E-state index contributed by atoms with van der Waals surface area (Å²) >= 11 is 0. The van der Waals surface area contributed by atoms with Crippen molar-refractivity contribution in [3.05, 3.63) is 47.6 Å². The van der Waals surface area contributed by atoms with Crippen molar-refractivity contribution in [2.45, 2.75) is 44.7 Å². The van der Waals surface area contributed by atoms with Gasteiger partial charge >= 0.3 is 6.03 Å². The smallest absolute Gasteiger partial charge is 0.315 e. The van der Waals surface area contributed by atoms with Crippen LogP contribution in [0.3, 0.4) is 0 Å². The normalized spacial score (nSPS) is 17.6. The second kappa shape index (κ2) is 7.23. The number of amides is 2. The van der Waals surface area contributed by atoms with Gasteiger partial charge in [0, 0.05) is 6.42 Å². The first kappa shape index (κ1) is 17.4. The summed E-state index contributed by atoms with van der Waals surface area (Å²) in [6, 6.07) is 9.11. The zero-order chi connectivity index (χ0) is 17.9. The van der Waals surface area contributed by atoms with Crippen LogP contribution in [0.1, 0.15) is 50.0 Å². The van der Waals surface area contributed by atoms with Gasteiger partial charge < -0.3 is 20.3 Å². The highest BCUT2D eigenvalue weighted by atomic mass is 16.5. The number of nitrogens with zero attached hydrogens (tertiary/aromatic N) is 2. The predicted molar refractivity (Wildman–Crippen MR) is 91.8 cm³/mol. The predicted octanol–water partition coefficient (Wildman–Crippen LogP) is 2.18. The van der Waals surface area contributed by atoms with Crippen molar-refractivity contribution in [3.8, 4) is 0 Å². The van der Waals surface area contributed by atoms with Gasteiger partial charge in [-0.25, -0.2) is 4.79 Å². The average molecular weight is 344 g/mol. The summed E-state index contributed by atoms with van der Waals surface area (Å²) < 4.78 is 5.26. The van der Waals surface area contributed by atoms with Crippen LogP contribution in [0.5, 0.6) is 0 Å². The highest BCUT2D eigenvalue weighted by molar-refractivity contribution is 5.75. The molecule has 0 aliphatic heterocycles. The molecule has 25 heavy (non-hydrogen) atoms. The molecule has 134 valence electrons. The molecule has 0 saturated heterocycles. The van der Waals surface area contributed by atoms with Crippen molar-refractivity contribution in [2.75, 3.05) is 6.61 Å². The van der Waals surface area contributed by atoms with Gasteiger partial charge in [-0.3, -0.25) is 0 Å². The van der Waals surface area contributed by atoms with Crippen LogP contribution in [-0.2, 0) is 6.42 Å². The largest absolute Gasteiger partial charge is 0.394 e. The van der Waals surface area contributed by atoms with E-state index in [0.29, 0.717) is 24.1 Å². The van der Waals surface area contributed by atoms with Crippen LogP contribution >= 0.6 is 0 Å². The van der Waals surface area contributed by atoms with E-state index in [1.54, 1.807) is 6.92 Å². The number of nitrogens with one attached hydrogen (secondary N) is 2. The molecular formula is C18H24N4O3. The zero-order valence-electron chi connectivity index (χ0n) is 14.5. The van der Waals surface area contributed by atoms with E-state index < -0.39 is 11.6 Å².